The Labute approximate surface area is 89.0 Å². The van der Waals surface area contributed by atoms with Gasteiger partial charge in [-0.05, 0) is 12.8 Å². The normalized spacial score (nSPS) is 20.1. The van der Waals surface area contributed by atoms with Crippen LogP contribution < -0.4 is 0 Å². The average Bonchev–Trinajstić information content (AvgIpc) is 2.22. The summed E-state index contributed by atoms with van der Waals surface area (Å²) in [6, 6.07) is 0. The van der Waals surface area contributed by atoms with Crippen molar-refractivity contribution in [2.45, 2.75) is 32.6 Å². The number of rotatable bonds is 3. The van der Waals surface area contributed by atoms with Crippen LogP contribution in [0.5, 0.6) is 0 Å². The number of ether oxygens (including phenoxy) is 1. The molecule has 0 aromatic heterocycles. The quantitative estimate of drug-likeness (QED) is 0.519. The minimum atomic E-state index is -0.576. The summed E-state index contributed by atoms with van der Waals surface area (Å²) in [4.78, 5) is 34.1. The van der Waals surface area contributed by atoms with Gasteiger partial charge in [0.15, 0.2) is 0 Å². The van der Waals surface area contributed by atoms with E-state index in [2.05, 4.69) is 4.74 Å². The molecule has 0 aliphatic heterocycles. The van der Waals surface area contributed by atoms with Crippen LogP contribution in [0.2, 0.25) is 0 Å². The number of methoxy groups -OCH3 is 1. The zero-order valence-electron chi connectivity index (χ0n) is 9.12. The molecule has 1 atom stereocenters. The Morgan fingerprint density at radius 1 is 1.40 bits per heavy atom. The van der Waals surface area contributed by atoms with Crippen molar-refractivity contribution in [1.82, 2.24) is 0 Å². The number of carbonyl (C=O) groups excluding carboxylic acids is 3. The SMILES string of the molecule is COC(=O)C(C)CC1C(=O)CCCC1=O. The second-order valence-electron chi connectivity index (χ2n) is 4.00. The predicted octanol–water partition coefficient (Wildman–Crippen LogP) is 1.12. The zero-order valence-corrected chi connectivity index (χ0v) is 9.12. The lowest BCUT2D eigenvalue weighted by Gasteiger charge is -2.21. The van der Waals surface area contributed by atoms with E-state index >= 15 is 0 Å². The maximum atomic E-state index is 11.5. The summed E-state index contributed by atoms with van der Waals surface area (Å²) in [6.45, 7) is 1.68. The van der Waals surface area contributed by atoms with Crippen LogP contribution in [-0.4, -0.2) is 24.6 Å². The van der Waals surface area contributed by atoms with E-state index in [4.69, 9.17) is 0 Å². The minimum absolute atomic E-state index is 0.0259. The van der Waals surface area contributed by atoms with Crippen molar-refractivity contribution >= 4 is 17.5 Å². The number of esters is 1. The highest BCUT2D eigenvalue weighted by Crippen LogP contribution is 2.24. The Balaban J connectivity index is 2.58. The molecule has 0 heterocycles. The van der Waals surface area contributed by atoms with Crippen molar-refractivity contribution < 1.29 is 19.1 Å². The first-order valence-corrected chi connectivity index (χ1v) is 5.19. The molecule has 0 bridgehead atoms. The Bertz CT molecular complexity index is 266. The van der Waals surface area contributed by atoms with Crippen LogP contribution in [0.25, 0.3) is 0 Å². The van der Waals surface area contributed by atoms with Crippen LogP contribution in [0, 0.1) is 11.8 Å². The summed E-state index contributed by atoms with van der Waals surface area (Å²) in [5, 5.41) is 0. The molecule has 1 rings (SSSR count). The van der Waals surface area contributed by atoms with Crippen LogP contribution >= 0.6 is 0 Å². The third-order valence-electron chi connectivity index (χ3n) is 2.82. The molecule has 4 nitrogen and oxygen atoms in total. The largest absolute Gasteiger partial charge is 0.469 e. The highest BCUT2D eigenvalue weighted by atomic mass is 16.5. The van der Waals surface area contributed by atoms with Gasteiger partial charge in [-0.25, -0.2) is 0 Å². The number of Topliss-reactive ketones (excluding diaryl/α,β-unsaturated/α-hetero) is 2. The molecule has 0 saturated heterocycles. The van der Waals surface area contributed by atoms with Gasteiger partial charge in [0.05, 0.1) is 18.9 Å². The van der Waals surface area contributed by atoms with Crippen molar-refractivity contribution in [2.24, 2.45) is 11.8 Å². The first-order chi connectivity index (χ1) is 7.06. The molecule has 0 spiro atoms. The number of carbonyl (C=O) groups is 3. The van der Waals surface area contributed by atoms with Gasteiger partial charge in [0, 0.05) is 12.8 Å². The number of hydrogen-bond acceptors (Lipinski definition) is 4. The summed E-state index contributed by atoms with van der Waals surface area (Å²) in [7, 11) is 1.31. The van der Waals surface area contributed by atoms with Crippen molar-refractivity contribution in [3.63, 3.8) is 0 Å². The first-order valence-electron chi connectivity index (χ1n) is 5.19. The van der Waals surface area contributed by atoms with Gasteiger partial charge < -0.3 is 4.74 Å². The van der Waals surface area contributed by atoms with Crippen LogP contribution in [0.3, 0.4) is 0 Å². The summed E-state index contributed by atoms with van der Waals surface area (Å²) in [5.41, 5.74) is 0. The number of ketones is 2. The smallest absolute Gasteiger partial charge is 0.308 e. The van der Waals surface area contributed by atoms with E-state index in [1.54, 1.807) is 6.92 Å². The van der Waals surface area contributed by atoms with Gasteiger partial charge in [-0.15, -0.1) is 0 Å². The molecular weight excluding hydrogens is 196 g/mol. The Morgan fingerprint density at radius 2 is 1.93 bits per heavy atom. The van der Waals surface area contributed by atoms with E-state index in [9.17, 15) is 14.4 Å². The maximum absolute atomic E-state index is 11.5. The van der Waals surface area contributed by atoms with E-state index in [1.807, 2.05) is 0 Å². The molecule has 1 aliphatic carbocycles. The van der Waals surface area contributed by atoms with Gasteiger partial charge in [-0.2, -0.15) is 0 Å². The third kappa shape index (κ3) is 2.88. The molecule has 1 aliphatic rings. The lowest BCUT2D eigenvalue weighted by atomic mass is 9.81. The predicted molar refractivity (Wildman–Crippen MR) is 53.2 cm³/mol. The Hall–Kier alpha value is -1.19. The van der Waals surface area contributed by atoms with E-state index in [0.29, 0.717) is 25.7 Å². The summed E-state index contributed by atoms with van der Waals surface area (Å²) in [6.07, 6.45) is 1.87. The van der Waals surface area contributed by atoms with Crippen molar-refractivity contribution in [2.75, 3.05) is 7.11 Å². The molecule has 84 valence electrons. The lowest BCUT2D eigenvalue weighted by molar-refractivity contribution is -0.146. The van der Waals surface area contributed by atoms with E-state index in [1.165, 1.54) is 7.11 Å². The molecule has 0 N–H and O–H groups in total. The van der Waals surface area contributed by atoms with Crippen molar-refractivity contribution in [3.05, 3.63) is 0 Å². The molecule has 4 heteroatoms. The minimum Gasteiger partial charge on any atom is -0.469 e. The monoisotopic (exact) mass is 212 g/mol. The fraction of sp³-hybridized carbons (Fsp3) is 0.727. The second kappa shape index (κ2) is 5.05. The molecule has 0 aromatic carbocycles. The maximum Gasteiger partial charge on any atom is 0.308 e. The van der Waals surface area contributed by atoms with Gasteiger partial charge in [-0.1, -0.05) is 6.92 Å². The first kappa shape index (κ1) is 11.9. The summed E-state index contributed by atoms with van der Waals surface area (Å²) < 4.78 is 4.56. The van der Waals surface area contributed by atoms with Crippen molar-refractivity contribution in [3.8, 4) is 0 Å². The van der Waals surface area contributed by atoms with Gasteiger partial charge in [0.25, 0.3) is 0 Å². The standard InChI is InChI=1S/C11H16O4/c1-7(11(14)15-2)6-8-9(12)4-3-5-10(8)13/h7-8H,3-6H2,1-2H3. The third-order valence-corrected chi connectivity index (χ3v) is 2.82. The van der Waals surface area contributed by atoms with E-state index in [-0.39, 0.29) is 23.5 Å². The van der Waals surface area contributed by atoms with Gasteiger partial charge in [0.1, 0.15) is 11.6 Å². The highest BCUT2D eigenvalue weighted by Gasteiger charge is 2.32. The molecule has 0 radical (unpaired) electrons. The molecular formula is C11H16O4. The van der Waals surface area contributed by atoms with E-state index < -0.39 is 5.92 Å². The van der Waals surface area contributed by atoms with Crippen LogP contribution in [0.4, 0.5) is 0 Å². The fourth-order valence-corrected chi connectivity index (χ4v) is 1.88. The molecule has 1 unspecified atom stereocenters. The molecule has 1 saturated carbocycles. The van der Waals surface area contributed by atoms with Crippen LogP contribution in [0.1, 0.15) is 32.6 Å². The Kier molecular flexibility index (Phi) is 4.00. The molecule has 1 fully saturated rings. The van der Waals surface area contributed by atoms with E-state index in [0.717, 1.165) is 0 Å². The topological polar surface area (TPSA) is 60.4 Å². The van der Waals surface area contributed by atoms with Crippen LogP contribution in [0.15, 0.2) is 0 Å². The van der Waals surface area contributed by atoms with Gasteiger partial charge in [-0.3, -0.25) is 14.4 Å². The Morgan fingerprint density at radius 3 is 2.40 bits per heavy atom. The van der Waals surface area contributed by atoms with Gasteiger partial charge >= 0.3 is 5.97 Å². The lowest BCUT2D eigenvalue weighted by Crippen LogP contribution is -2.31. The summed E-state index contributed by atoms with van der Waals surface area (Å²) in [5.74, 6) is -1.37. The molecule has 0 amide bonds. The van der Waals surface area contributed by atoms with Crippen LogP contribution in [-0.2, 0) is 19.1 Å². The molecule has 15 heavy (non-hydrogen) atoms. The zero-order chi connectivity index (χ0) is 11.4. The average molecular weight is 212 g/mol. The number of hydrogen-bond donors (Lipinski definition) is 0. The second-order valence-corrected chi connectivity index (χ2v) is 4.00. The van der Waals surface area contributed by atoms with Crippen molar-refractivity contribution in [1.29, 1.82) is 0 Å². The fourth-order valence-electron chi connectivity index (χ4n) is 1.88. The van der Waals surface area contributed by atoms with Gasteiger partial charge in [0.2, 0.25) is 0 Å². The summed E-state index contributed by atoms with van der Waals surface area (Å²) >= 11 is 0. The molecule has 0 aromatic rings. The highest BCUT2D eigenvalue weighted by molar-refractivity contribution is 6.04.